The number of benzene rings is 1. The first-order valence-corrected chi connectivity index (χ1v) is 8.80. The van der Waals surface area contributed by atoms with Crippen LogP contribution < -0.4 is 0 Å². The highest BCUT2D eigenvalue weighted by Gasteiger charge is 2.40. The van der Waals surface area contributed by atoms with Gasteiger partial charge in [0.15, 0.2) is 0 Å². The van der Waals surface area contributed by atoms with Crippen molar-refractivity contribution in [3.8, 4) is 11.4 Å². The number of amides is 1. The number of rotatable bonds is 4. The molecule has 1 unspecified atom stereocenters. The van der Waals surface area contributed by atoms with E-state index in [0.29, 0.717) is 23.3 Å². The molecule has 1 saturated heterocycles. The van der Waals surface area contributed by atoms with Gasteiger partial charge in [0.25, 0.3) is 0 Å². The summed E-state index contributed by atoms with van der Waals surface area (Å²) in [6.45, 7) is 4.39. The predicted octanol–water partition coefficient (Wildman–Crippen LogP) is 4.32. The monoisotopic (exact) mass is 367 g/mol. The van der Waals surface area contributed by atoms with E-state index in [1.807, 2.05) is 30.9 Å². The quantitative estimate of drug-likeness (QED) is 0.755. The van der Waals surface area contributed by atoms with E-state index in [4.69, 9.17) is 27.7 Å². The van der Waals surface area contributed by atoms with Crippen LogP contribution in [0.1, 0.15) is 38.6 Å². The minimum Gasteiger partial charge on any atom is -0.337 e. The predicted molar refractivity (Wildman–Crippen MR) is 92.9 cm³/mol. The standard InChI is InChI=1S/C17H19Cl2N3O2/c1-17(2,10-18)16(23)22-9-3-4-13(22)15-20-14(21-24-15)11-5-7-12(19)8-6-11/h5-8,13H,3-4,9-10H2,1-2H3. The molecule has 1 amide bonds. The average molecular weight is 368 g/mol. The number of aromatic nitrogens is 2. The molecular formula is C17H19Cl2N3O2. The zero-order chi connectivity index (χ0) is 17.3. The molecule has 1 atom stereocenters. The van der Waals surface area contributed by atoms with Gasteiger partial charge in [-0.25, -0.2) is 0 Å². The molecule has 0 N–H and O–H groups in total. The SMILES string of the molecule is CC(C)(CCl)C(=O)N1CCCC1c1nc(-c2ccc(Cl)cc2)no1. The van der Waals surface area contributed by atoms with Crippen molar-refractivity contribution in [2.24, 2.45) is 5.41 Å². The van der Waals surface area contributed by atoms with E-state index < -0.39 is 5.41 Å². The van der Waals surface area contributed by atoms with Gasteiger partial charge >= 0.3 is 0 Å². The number of hydrogen-bond donors (Lipinski definition) is 0. The first kappa shape index (κ1) is 17.2. The number of likely N-dealkylation sites (tertiary alicyclic amines) is 1. The van der Waals surface area contributed by atoms with Gasteiger partial charge in [0.05, 0.1) is 5.41 Å². The Morgan fingerprint density at radius 3 is 2.75 bits per heavy atom. The highest BCUT2D eigenvalue weighted by Crippen LogP contribution is 2.35. The minimum atomic E-state index is -0.608. The molecule has 1 aromatic heterocycles. The van der Waals surface area contributed by atoms with E-state index in [9.17, 15) is 4.79 Å². The lowest BCUT2D eigenvalue weighted by Gasteiger charge is -2.30. The Labute approximate surface area is 150 Å². The lowest BCUT2D eigenvalue weighted by atomic mass is 9.94. The summed E-state index contributed by atoms with van der Waals surface area (Å²) >= 11 is 11.8. The van der Waals surface area contributed by atoms with Gasteiger partial charge in [0.1, 0.15) is 6.04 Å². The largest absolute Gasteiger partial charge is 0.337 e. The maximum absolute atomic E-state index is 12.7. The van der Waals surface area contributed by atoms with Gasteiger partial charge in [-0.05, 0) is 51.0 Å². The minimum absolute atomic E-state index is 0.0197. The van der Waals surface area contributed by atoms with Crippen LogP contribution in [0.3, 0.4) is 0 Å². The van der Waals surface area contributed by atoms with Crippen molar-refractivity contribution in [2.75, 3.05) is 12.4 Å². The van der Waals surface area contributed by atoms with Crippen LogP contribution in [-0.2, 0) is 4.79 Å². The molecule has 7 heteroatoms. The molecule has 1 aliphatic heterocycles. The third-order valence-electron chi connectivity index (χ3n) is 4.26. The first-order valence-electron chi connectivity index (χ1n) is 7.89. The fraction of sp³-hybridized carbons (Fsp3) is 0.471. The van der Waals surface area contributed by atoms with E-state index in [0.717, 1.165) is 18.4 Å². The molecule has 2 aromatic rings. The number of halogens is 2. The Balaban J connectivity index is 1.83. The summed E-state index contributed by atoms with van der Waals surface area (Å²) < 4.78 is 5.44. The summed E-state index contributed by atoms with van der Waals surface area (Å²) in [6.07, 6.45) is 1.72. The van der Waals surface area contributed by atoms with Crippen molar-refractivity contribution in [2.45, 2.75) is 32.7 Å². The highest BCUT2D eigenvalue weighted by atomic mass is 35.5. The molecule has 0 aliphatic carbocycles. The Morgan fingerprint density at radius 1 is 1.38 bits per heavy atom. The second-order valence-corrected chi connectivity index (χ2v) is 7.34. The molecule has 128 valence electrons. The third-order valence-corrected chi connectivity index (χ3v) is 5.18. The summed E-state index contributed by atoms with van der Waals surface area (Å²) in [7, 11) is 0. The molecule has 0 saturated carbocycles. The molecular weight excluding hydrogens is 349 g/mol. The Morgan fingerprint density at radius 2 is 2.08 bits per heavy atom. The van der Waals surface area contributed by atoms with Crippen LogP contribution >= 0.6 is 23.2 Å². The van der Waals surface area contributed by atoms with Crippen molar-refractivity contribution in [1.82, 2.24) is 15.0 Å². The van der Waals surface area contributed by atoms with Crippen LogP contribution in [0.25, 0.3) is 11.4 Å². The molecule has 0 spiro atoms. The normalized spacial score (nSPS) is 18.2. The lowest BCUT2D eigenvalue weighted by molar-refractivity contribution is -0.140. The molecule has 24 heavy (non-hydrogen) atoms. The van der Waals surface area contributed by atoms with Gasteiger partial charge in [-0.1, -0.05) is 16.8 Å². The van der Waals surface area contributed by atoms with Gasteiger partial charge in [-0.2, -0.15) is 4.98 Å². The van der Waals surface area contributed by atoms with E-state index in [1.54, 1.807) is 12.1 Å². The second kappa shape index (κ2) is 6.73. The van der Waals surface area contributed by atoms with Crippen LogP contribution in [-0.4, -0.2) is 33.4 Å². The number of hydrogen-bond acceptors (Lipinski definition) is 4. The van der Waals surface area contributed by atoms with Gasteiger partial charge in [0, 0.05) is 23.0 Å². The summed E-state index contributed by atoms with van der Waals surface area (Å²) in [5.74, 6) is 1.26. The van der Waals surface area contributed by atoms with E-state index in [1.165, 1.54) is 0 Å². The number of carbonyl (C=O) groups excluding carboxylic acids is 1. The van der Waals surface area contributed by atoms with Gasteiger partial charge in [0.2, 0.25) is 17.6 Å². The average Bonchev–Trinajstić information content (AvgIpc) is 3.23. The van der Waals surface area contributed by atoms with Crippen molar-refractivity contribution in [1.29, 1.82) is 0 Å². The smallest absolute Gasteiger partial charge is 0.249 e. The van der Waals surface area contributed by atoms with Gasteiger partial charge in [-0.3, -0.25) is 4.79 Å². The summed E-state index contributed by atoms with van der Waals surface area (Å²) in [5.41, 5.74) is 0.217. The van der Waals surface area contributed by atoms with Crippen molar-refractivity contribution < 1.29 is 9.32 Å². The topological polar surface area (TPSA) is 59.2 Å². The zero-order valence-corrected chi connectivity index (χ0v) is 15.1. The van der Waals surface area contributed by atoms with Crippen LogP contribution in [0.15, 0.2) is 28.8 Å². The lowest BCUT2D eigenvalue weighted by Crippen LogP contribution is -2.41. The first-order chi connectivity index (χ1) is 11.4. The molecule has 1 fully saturated rings. The fourth-order valence-electron chi connectivity index (χ4n) is 2.80. The molecule has 0 radical (unpaired) electrons. The molecule has 1 aliphatic rings. The van der Waals surface area contributed by atoms with Gasteiger partial charge in [-0.15, -0.1) is 11.6 Å². The summed E-state index contributed by atoms with van der Waals surface area (Å²) in [4.78, 5) is 19.0. The fourth-order valence-corrected chi connectivity index (χ4v) is 3.04. The van der Waals surface area contributed by atoms with E-state index >= 15 is 0 Å². The van der Waals surface area contributed by atoms with Crippen molar-refractivity contribution in [3.63, 3.8) is 0 Å². The Kier molecular flexibility index (Phi) is 4.83. The molecule has 3 rings (SSSR count). The summed E-state index contributed by atoms with van der Waals surface area (Å²) in [5, 5.41) is 4.69. The summed E-state index contributed by atoms with van der Waals surface area (Å²) in [6, 6.07) is 7.05. The maximum atomic E-state index is 12.7. The molecule has 0 bridgehead atoms. The van der Waals surface area contributed by atoms with E-state index in [2.05, 4.69) is 10.1 Å². The number of nitrogens with zero attached hydrogens (tertiary/aromatic N) is 3. The van der Waals surface area contributed by atoms with Gasteiger partial charge < -0.3 is 9.42 Å². The van der Waals surface area contributed by atoms with Crippen LogP contribution in [0.5, 0.6) is 0 Å². The molecule has 1 aromatic carbocycles. The zero-order valence-electron chi connectivity index (χ0n) is 13.6. The van der Waals surface area contributed by atoms with Crippen LogP contribution in [0.4, 0.5) is 0 Å². The third kappa shape index (κ3) is 3.28. The Bertz CT molecular complexity index is 728. The van der Waals surface area contributed by atoms with Crippen molar-refractivity contribution >= 4 is 29.1 Å². The molecule has 2 heterocycles. The van der Waals surface area contributed by atoms with Crippen LogP contribution in [0.2, 0.25) is 5.02 Å². The van der Waals surface area contributed by atoms with Crippen molar-refractivity contribution in [3.05, 3.63) is 35.2 Å². The molecule has 5 nitrogen and oxygen atoms in total. The second-order valence-electron chi connectivity index (χ2n) is 6.64. The highest BCUT2D eigenvalue weighted by molar-refractivity contribution is 6.30. The Hall–Kier alpha value is -1.59. The van der Waals surface area contributed by atoms with E-state index in [-0.39, 0.29) is 17.8 Å². The maximum Gasteiger partial charge on any atom is 0.249 e. The number of carbonyl (C=O) groups is 1. The number of alkyl halides is 1. The van der Waals surface area contributed by atoms with Crippen LogP contribution in [0, 0.1) is 5.41 Å².